The van der Waals surface area contributed by atoms with Crippen molar-refractivity contribution >= 4 is 17.7 Å². The first-order valence-corrected chi connectivity index (χ1v) is 12.1. The number of ether oxygens (including phenoxy) is 1. The van der Waals surface area contributed by atoms with Crippen molar-refractivity contribution in [2.24, 2.45) is 11.3 Å². The summed E-state index contributed by atoms with van der Waals surface area (Å²) in [7, 11) is 1.39. The lowest BCUT2D eigenvalue weighted by atomic mass is 9.84. The zero-order chi connectivity index (χ0) is 25.7. The summed E-state index contributed by atoms with van der Waals surface area (Å²) in [5.41, 5.74) is 2.77. The Kier molecular flexibility index (Phi) is 12.8. The van der Waals surface area contributed by atoms with E-state index in [9.17, 15) is 14.4 Å². The Morgan fingerprint density at radius 3 is 2.26 bits per heavy atom. The van der Waals surface area contributed by atoms with Crippen LogP contribution < -0.4 is 10.8 Å². The largest absolute Gasteiger partial charge is 0.371 e. The molecule has 0 spiro atoms. The fourth-order valence-corrected chi connectivity index (χ4v) is 3.64. The van der Waals surface area contributed by atoms with Gasteiger partial charge in [0.2, 0.25) is 11.8 Å². The van der Waals surface area contributed by atoms with Gasteiger partial charge in [-0.3, -0.25) is 19.2 Å². The molecule has 0 bridgehead atoms. The number of methoxy groups -OCH3 is 1. The van der Waals surface area contributed by atoms with Gasteiger partial charge in [-0.05, 0) is 23.3 Å². The molecule has 1 aromatic rings. The SMILES string of the molecule is CCCCNC(=O)C(N(CC(C)C)C(=O)[C@@H](CC(=O)NOCc1ccccc1)OC)C(C)(C)C. The summed E-state index contributed by atoms with van der Waals surface area (Å²) < 4.78 is 5.41. The molecule has 1 rings (SSSR count). The summed E-state index contributed by atoms with van der Waals surface area (Å²) in [6.07, 6.45) is 0.576. The number of hydrogen-bond donors (Lipinski definition) is 2. The third-order valence-electron chi connectivity index (χ3n) is 5.25. The minimum atomic E-state index is -1.03. The van der Waals surface area contributed by atoms with Crippen LogP contribution in [0, 0.1) is 11.3 Å². The quantitative estimate of drug-likeness (QED) is 0.316. The number of nitrogens with zero attached hydrogens (tertiary/aromatic N) is 1. The smallest absolute Gasteiger partial charge is 0.252 e. The van der Waals surface area contributed by atoms with Gasteiger partial charge in [-0.1, -0.05) is 78.3 Å². The first-order valence-electron chi connectivity index (χ1n) is 12.1. The highest BCUT2D eigenvalue weighted by atomic mass is 16.6. The Labute approximate surface area is 204 Å². The predicted molar refractivity (Wildman–Crippen MR) is 132 cm³/mol. The summed E-state index contributed by atoms with van der Waals surface area (Å²) in [5, 5.41) is 2.97. The average molecular weight is 478 g/mol. The summed E-state index contributed by atoms with van der Waals surface area (Å²) in [6, 6.07) is 8.73. The number of carbonyl (C=O) groups is 3. The van der Waals surface area contributed by atoms with E-state index in [4.69, 9.17) is 9.57 Å². The molecule has 0 aromatic heterocycles. The monoisotopic (exact) mass is 477 g/mol. The molecule has 0 aliphatic heterocycles. The number of benzene rings is 1. The molecule has 0 heterocycles. The van der Waals surface area contributed by atoms with Crippen molar-refractivity contribution in [1.82, 2.24) is 15.7 Å². The van der Waals surface area contributed by atoms with Crippen LogP contribution in [0.15, 0.2) is 30.3 Å². The Bertz CT molecular complexity index is 761. The molecule has 0 aliphatic carbocycles. The molecule has 2 atom stereocenters. The minimum Gasteiger partial charge on any atom is -0.371 e. The number of nitrogens with one attached hydrogen (secondary N) is 2. The van der Waals surface area contributed by atoms with E-state index in [1.807, 2.05) is 65.0 Å². The van der Waals surface area contributed by atoms with E-state index in [-0.39, 0.29) is 30.8 Å². The number of carbonyl (C=O) groups excluding carboxylic acids is 3. The van der Waals surface area contributed by atoms with Gasteiger partial charge < -0.3 is 15.0 Å². The predicted octanol–water partition coefficient (Wildman–Crippen LogP) is 3.46. The first-order chi connectivity index (χ1) is 16.0. The molecule has 3 amide bonds. The van der Waals surface area contributed by atoms with Gasteiger partial charge >= 0.3 is 0 Å². The van der Waals surface area contributed by atoms with Crippen molar-refractivity contribution in [3.05, 3.63) is 35.9 Å². The van der Waals surface area contributed by atoms with E-state index in [0.717, 1.165) is 18.4 Å². The molecule has 8 nitrogen and oxygen atoms in total. The van der Waals surface area contributed by atoms with E-state index in [1.165, 1.54) is 7.11 Å². The summed E-state index contributed by atoms with van der Waals surface area (Å²) in [5.74, 6) is -0.932. The number of rotatable bonds is 14. The topological polar surface area (TPSA) is 97.0 Å². The average Bonchev–Trinajstić information content (AvgIpc) is 2.76. The molecule has 0 saturated heterocycles. The highest BCUT2D eigenvalue weighted by Crippen LogP contribution is 2.27. The van der Waals surface area contributed by atoms with Crippen molar-refractivity contribution in [3.8, 4) is 0 Å². The lowest BCUT2D eigenvalue weighted by Crippen LogP contribution is -2.59. The standard InChI is InChI=1S/C26H43N3O5/c1-8-9-15-27-24(31)23(26(4,5)6)29(17-19(2)3)25(32)21(33-7)16-22(30)28-34-18-20-13-11-10-12-14-20/h10-14,19,21,23H,8-9,15-18H2,1-7H3,(H,27,31)(H,28,30)/t21-,23?/m1/s1. The van der Waals surface area contributed by atoms with Crippen LogP contribution in [0.2, 0.25) is 0 Å². The molecule has 0 radical (unpaired) electrons. The lowest BCUT2D eigenvalue weighted by Gasteiger charge is -2.41. The molecular formula is C26H43N3O5. The van der Waals surface area contributed by atoms with Gasteiger partial charge in [-0.25, -0.2) is 5.48 Å². The van der Waals surface area contributed by atoms with Crippen molar-refractivity contribution in [2.45, 2.75) is 79.6 Å². The maximum absolute atomic E-state index is 13.6. The Morgan fingerprint density at radius 1 is 1.09 bits per heavy atom. The second-order valence-corrected chi connectivity index (χ2v) is 10.0. The van der Waals surface area contributed by atoms with Gasteiger partial charge in [0.15, 0.2) is 0 Å². The summed E-state index contributed by atoms with van der Waals surface area (Å²) >= 11 is 0. The maximum atomic E-state index is 13.6. The molecule has 0 saturated carbocycles. The van der Waals surface area contributed by atoms with Crippen LogP contribution in [0.3, 0.4) is 0 Å². The molecule has 0 fully saturated rings. The van der Waals surface area contributed by atoms with Crippen LogP contribution in [0.1, 0.15) is 66.4 Å². The summed E-state index contributed by atoms with van der Waals surface area (Å²) in [6.45, 7) is 13.0. The second kappa shape index (κ2) is 14.7. The molecule has 1 unspecified atom stereocenters. The fourth-order valence-electron chi connectivity index (χ4n) is 3.64. The normalized spacial score (nSPS) is 13.3. The Balaban J connectivity index is 2.93. The van der Waals surface area contributed by atoms with Crippen LogP contribution in [-0.4, -0.2) is 55.0 Å². The first kappa shape index (κ1) is 29.6. The third-order valence-corrected chi connectivity index (χ3v) is 5.25. The van der Waals surface area contributed by atoms with Crippen LogP contribution in [0.5, 0.6) is 0 Å². The van der Waals surface area contributed by atoms with E-state index < -0.39 is 23.5 Å². The lowest BCUT2D eigenvalue weighted by molar-refractivity contribution is -0.156. The summed E-state index contributed by atoms with van der Waals surface area (Å²) in [4.78, 5) is 46.0. The zero-order valence-electron chi connectivity index (χ0n) is 21.8. The van der Waals surface area contributed by atoms with Gasteiger partial charge in [-0.2, -0.15) is 0 Å². The molecular weight excluding hydrogens is 434 g/mol. The van der Waals surface area contributed by atoms with Crippen LogP contribution in [0.4, 0.5) is 0 Å². The van der Waals surface area contributed by atoms with Crippen molar-refractivity contribution < 1.29 is 24.0 Å². The molecule has 2 N–H and O–H groups in total. The minimum absolute atomic E-state index is 0.123. The van der Waals surface area contributed by atoms with E-state index in [0.29, 0.717) is 13.1 Å². The number of hydroxylamine groups is 1. The zero-order valence-corrected chi connectivity index (χ0v) is 21.8. The maximum Gasteiger partial charge on any atom is 0.252 e. The van der Waals surface area contributed by atoms with E-state index >= 15 is 0 Å². The van der Waals surface area contributed by atoms with Gasteiger partial charge in [0.25, 0.3) is 5.91 Å². The van der Waals surface area contributed by atoms with Crippen LogP contribution in [0.25, 0.3) is 0 Å². The number of hydrogen-bond acceptors (Lipinski definition) is 5. The van der Waals surface area contributed by atoms with Gasteiger partial charge in [-0.15, -0.1) is 0 Å². The third kappa shape index (κ3) is 10.2. The molecule has 192 valence electrons. The second-order valence-electron chi connectivity index (χ2n) is 10.0. The van der Waals surface area contributed by atoms with Gasteiger partial charge in [0.05, 0.1) is 13.0 Å². The Hall–Kier alpha value is -2.45. The highest BCUT2D eigenvalue weighted by Gasteiger charge is 2.41. The van der Waals surface area contributed by atoms with Crippen molar-refractivity contribution in [2.75, 3.05) is 20.2 Å². The van der Waals surface area contributed by atoms with Crippen LogP contribution >= 0.6 is 0 Å². The number of amides is 3. The molecule has 0 aliphatic rings. The molecule has 8 heteroatoms. The van der Waals surface area contributed by atoms with Gasteiger partial charge in [0, 0.05) is 20.2 Å². The van der Waals surface area contributed by atoms with Crippen LogP contribution in [-0.2, 0) is 30.6 Å². The molecule has 1 aromatic carbocycles. The van der Waals surface area contributed by atoms with Crippen molar-refractivity contribution in [3.63, 3.8) is 0 Å². The van der Waals surface area contributed by atoms with Gasteiger partial charge in [0.1, 0.15) is 12.1 Å². The van der Waals surface area contributed by atoms with E-state index in [2.05, 4.69) is 17.7 Å². The number of unbranched alkanes of at least 4 members (excludes halogenated alkanes) is 1. The fraction of sp³-hybridized carbons (Fsp3) is 0.654. The van der Waals surface area contributed by atoms with E-state index in [1.54, 1.807) is 4.90 Å². The highest BCUT2D eigenvalue weighted by molar-refractivity contribution is 5.92. The van der Waals surface area contributed by atoms with Crippen molar-refractivity contribution in [1.29, 1.82) is 0 Å². The molecule has 34 heavy (non-hydrogen) atoms. The Morgan fingerprint density at radius 2 is 1.74 bits per heavy atom.